The van der Waals surface area contributed by atoms with Gasteiger partial charge in [0.05, 0.1) is 17.3 Å². The Morgan fingerprint density at radius 2 is 1.74 bits per heavy atom. The van der Waals surface area contributed by atoms with Crippen LogP contribution in [0.3, 0.4) is 0 Å². The van der Waals surface area contributed by atoms with Gasteiger partial charge in [-0.3, -0.25) is 0 Å². The standard InChI is InChI=1S/C20H21FN4O2/c21-14-6-9-15(10-7-14)23-19-11-16(8-5-13(19)12-22)24-17-3-1-2-4-18(17)25-20(26)27/h5-11,17-18,23-25H,1-4H2,(H,26,27)/t17-,18+/m1/s1. The number of halogens is 1. The third kappa shape index (κ3) is 4.88. The molecule has 1 amide bonds. The lowest BCUT2D eigenvalue weighted by atomic mass is 9.90. The SMILES string of the molecule is N#Cc1ccc(N[C@@H]2CCCC[C@@H]2NC(=O)O)cc1Nc1ccc(F)cc1. The maximum atomic E-state index is 13.1. The van der Waals surface area contributed by atoms with Crippen LogP contribution in [0.5, 0.6) is 0 Å². The van der Waals surface area contributed by atoms with Crippen LogP contribution in [-0.4, -0.2) is 23.3 Å². The highest BCUT2D eigenvalue weighted by atomic mass is 19.1. The maximum absolute atomic E-state index is 13.1. The molecule has 2 aromatic rings. The van der Waals surface area contributed by atoms with Crippen molar-refractivity contribution >= 4 is 23.2 Å². The van der Waals surface area contributed by atoms with Crippen molar-refractivity contribution in [1.29, 1.82) is 5.26 Å². The summed E-state index contributed by atoms with van der Waals surface area (Å²) in [5, 5.41) is 27.5. The van der Waals surface area contributed by atoms with Crippen molar-refractivity contribution < 1.29 is 14.3 Å². The Balaban J connectivity index is 1.78. The molecule has 0 aliphatic heterocycles. The lowest BCUT2D eigenvalue weighted by molar-refractivity contribution is 0.184. The molecule has 0 aromatic heterocycles. The third-order valence-corrected chi connectivity index (χ3v) is 4.69. The number of nitrogens with one attached hydrogen (secondary N) is 3. The van der Waals surface area contributed by atoms with E-state index in [9.17, 15) is 14.4 Å². The normalized spacial score (nSPS) is 19.0. The Morgan fingerprint density at radius 1 is 1.07 bits per heavy atom. The summed E-state index contributed by atoms with van der Waals surface area (Å²) in [6.07, 6.45) is 2.67. The van der Waals surface area contributed by atoms with Gasteiger partial charge in [0.2, 0.25) is 0 Å². The zero-order valence-electron chi connectivity index (χ0n) is 14.7. The number of hydrogen-bond donors (Lipinski definition) is 4. The number of hydrogen-bond acceptors (Lipinski definition) is 4. The summed E-state index contributed by atoms with van der Waals surface area (Å²) in [7, 11) is 0. The first-order valence-electron chi connectivity index (χ1n) is 8.88. The van der Waals surface area contributed by atoms with Gasteiger partial charge in [0.25, 0.3) is 0 Å². The van der Waals surface area contributed by atoms with E-state index in [-0.39, 0.29) is 17.9 Å². The van der Waals surface area contributed by atoms with Gasteiger partial charge in [-0.25, -0.2) is 9.18 Å². The number of benzene rings is 2. The van der Waals surface area contributed by atoms with E-state index in [0.717, 1.165) is 31.4 Å². The van der Waals surface area contributed by atoms with Crippen molar-refractivity contribution in [2.45, 2.75) is 37.8 Å². The van der Waals surface area contributed by atoms with Crippen molar-refractivity contribution in [1.82, 2.24) is 5.32 Å². The predicted molar refractivity (Wildman–Crippen MR) is 102 cm³/mol. The number of carboxylic acid groups (broad SMARTS) is 1. The van der Waals surface area contributed by atoms with E-state index in [0.29, 0.717) is 16.9 Å². The van der Waals surface area contributed by atoms with Crippen LogP contribution >= 0.6 is 0 Å². The second-order valence-electron chi connectivity index (χ2n) is 6.60. The molecule has 0 heterocycles. The van der Waals surface area contributed by atoms with Crippen molar-refractivity contribution in [2.75, 3.05) is 10.6 Å². The molecule has 140 valence electrons. The Bertz CT molecular complexity index is 848. The molecule has 1 fully saturated rings. The Kier molecular flexibility index (Phi) is 5.77. The van der Waals surface area contributed by atoms with Gasteiger partial charge in [0.15, 0.2) is 0 Å². The van der Waals surface area contributed by atoms with Crippen LogP contribution in [0.4, 0.5) is 26.2 Å². The fraction of sp³-hybridized carbons (Fsp3) is 0.300. The number of anilines is 3. The molecular formula is C20H21FN4O2. The first kappa shape index (κ1) is 18.5. The second-order valence-corrected chi connectivity index (χ2v) is 6.60. The first-order valence-corrected chi connectivity index (χ1v) is 8.88. The molecule has 0 unspecified atom stereocenters. The number of carbonyl (C=O) groups is 1. The monoisotopic (exact) mass is 368 g/mol. The Hall–Kier alpha value is -3.27. The quantitative estimate of drug-likeness (QED) is 0.626. The number of rotatable bonds is 5. The average Bonchev–Trinajstić information content (AvgIpc) is 2.65. The van der Waals surface area contributed by atoms with E-state index in [2.05, 4.69) is 22.0 Å². The van der Waals surface area contributed by atoms with Crippen molar-refractivity contribution in [3.63, 3.8) is 0 Å². The molecule has 0 bridgehead atoms. The van der Waals surface area contributed by atoms with E-state index in [1.807, 2.05) is 6.07 Å². The number of amides is 1. The van der Waals surface area contributed by atoms with Crippen LogP contribution in [0.1, 0.15) is 31.2 Å². The zero-order chi connectivity index (χ0) is 19.2. The van der Waals surface area contributed by atoms with Gasteiger partial charge in [0.1, 0.15) is 11.9 Å². The smallest absolute Gasteiger partial charge is 0.404 e. The van der Waals surface area contributed by atoms with Gasteiger partial charge in [-0.2, -0.15) is 5.26 Å². The van der Waals surface area contributed by atoms with Crippen molar-refractivity contribution in [3.8, 4) is 6.07 Å². The highest BCUT2D eigenvalue weighted by Gasteiger charge is 2.26. The molecule has 2 aromatic carbocycles. The molecule has 4 N–H and O–H groups in total. The van der Waals surface area contributed by atoms with Gasteiger partial charge < -0.3 is 21.1 Å². The predicted octanol–water partition coefficient (Wildman–Crippen LogP) is 4.43. The minimum absolute atomic E-state index is 0.0125. The first-order chi connectivity index (χ1) is 13.0. The van der Waals surface area contributed by atoms with Crippen molar-refractivity contribution in [3.05, 3.63) is 53.8 Å². The Morgan fingerprint density at radius 3 is 2.41 bits per heavy atom. The van der Waals surface area contributed by atoms with Gasteiger partial charge in [-0.1, -0.05) is 12.8 Å². The van der Waals surface area contributed by atoms with Crippen LogP contribution in [-0.2, 0) is 0 Å². The highest BCUT2D eigenvalue weighted by molar-refractivity contribution is 5.71. The third-order valence-electron chi connectivity index (χ3n) is 4.69. The fourth-order valence-corrected chi connectivity index (χ4v) is 3.37. The summed E-state index contributed by atoms with van der Waals surface area (Å²) in [6.45, 7) is 0. The molecule has 2 atom stereocenters. The van der Waals surface area contributed by atoms with Crippen LogP contribution in [0.25, 0.3) is 0 Å². The van der Waals surface area contributed by atoms with E-state index in [1.54, 1.807) is 24.3 Å². The fourth-order valence-electron chi connectivity index (χ4n) is 3.37. The van der Waals surface area contributed by atoms with Crippen LogP contribution < -0.4 is 16.0 Å². The molecule has 0 radical (unpaired) electrons. The summed E-state index contributed by atoms with van der Waals surface area (Å²) in [4.78, 5) is 11.0. The molecule has 1 aliphatic rings. The van der Waals surface area contributed by atoms with Crippen molar-refractivity contribution in [2.24, 2.45) is 0 Å². The average molecular weight is 368 g/mol. The lowest BCUT2D eigenvalue weighted by Crippen LogP contribution is -2.48. The van der Waals surface area contributed by atoms with Crippen LogP contribution in [0.15, 0.2) is 42.5 Å². The lowest BCUT2D eigenvalue weighted by Gasteiger charge is -2.32. The van der Waals surface area contributed by atoms with Gasteiger partial charge in [-0.05, 0) is 55.3 Å². The van der Waals surface area contributed by atoms with E-state index in [4.69, 9.17) is 5.11 Å². The summed E-state index contributed by atoms with van der Waals surface area (Å²) in [5.74, 6) is -0.328. The van der Waals surface area contributed by atoms with Gasteiger partial charge in [-0.15, -0.1) is 0 Å². The van der Waals surface area contributed by atoms with Gasteiger partial charge >= 0.3 is 6.09 Å². The molecule has 27 heavy (non-hydrogen) atoms. The summed E-state index contributed by atoms with van der Waals surface area (Å²) < 4.78 is 13.1. The highest BCUT2D eigenvalue weighted by Crippen LogP contribution is 2.27. The topological polar surface area (TPSA) is 97.2 Å². The van der Waals surface area contributed by atoms with E-state index in [1.165, 1.54) is 12.1 Å². The molecule has 7 heteroatoms. The summed E-state index contributed by atoms with van der Waals surface area (Å²) in [6, 6.07) is 13.2. The molecular weight excluding hydrogens is 347 g/mol. The van der Waals surface area contributed by atoms with E-state index < -0.39 is 6.09 Å². The largest absolute Gasteiger partial charge is 0.465 e. The number of nitriles is 1. The maximum Gasteiger partial charge on any atom is 0.404 e. The minimum Gasteiger partial charge on any atom is -0.465 e. The van der Waals surface area contributed by atoms with Crippen LogP contribution in [0, 0.1) is 17.1 Å². The molecule has 0 saturated heterocycles. The minimum atomic E-state index is -1.02. The summed E-state index contributed by atoms with van der Waals surface area (Å²) >= 11 is 0. The Labute approximate surface area is 157 Å². The molecule has 3 rings (SSSR count). The summed E-state index contributed by atoms with van der Waals surface area (Å²) in [5.41, 5.74) is 2.54. The zero-order valence-corrected chi connectivity index (χ0v) is 14.7. The molecule has 6 nitrogen and oxygen atoms in total. The van der Waals surface area contributed by atoms with Gasteiger partial charge in [0, 0.05) is 17.4 Å². The van der Waals surface area contributed by atoms with Crippen LogP contribution in [0.2, 0.25) is 0 Å². The molecule has 1 aliphatic carbocycles. The number of nitrogens with zero attached hydrogens (tertiary/aromatic N) is 1. The second kappa shape index (κ2) is 8.41. The molecule has 1 saturated carbocycles. The van der Waals surface area contributed by atoms with E-state index >= 15 is 0 Å². The molecule has 0 spiro atoms.